The molecule has 2 aromatic heterocycles. The third kappa shape index (κ3) is 5.29. The van der Waals surface area contributed by atoms with E-state index in [-0.39, 0.29) is 17.4 Å². The van der Waals surface area contributed by atoms with Gasteiger partial charge in [-0.15, -0.1) is 0 Å². The Bertz CT molecular complexity index is 1130. The first-order valence-electron chi connectivity index (χ1n) is 10.8. The van der Waals surface area contributed by atoms with Crippen LogP contribution in [-0.4, -0.2) is 59.0 Å². The van der Waals surface area contributed by atoms with E-state index in [9.17, 15) is 4.79 Å². The Hall–Kier alpha value is -3.92. The lowest BCUT2D eigenvalue weighted by atomic mass is 10.2. The Labute approximate surface area is 192 Å². The van der Waals surface area contributed by atoms with Crippen molar-refractivity contribution in [2.45, 2.75) is 13.3 Å². The molecule has 1 aromatic carbocycles. The predicted octanol–water partition coefficient (Wildman–Crippen LogP) is 2.40. The summed E-state index contributed by atoms with van der Waals surface area (Å²) in [6, 6.07) is 11.2. The van der Waals surface area contributed by atoms with Crippen molar-refractivity contribution >= 4 is 28.9 Å². The van der Waals surface area contributed by atoms with Gasteiger partial charge in [0.1, 0.15) is 17.3 Å². The predicted molar refractivity (Wildman–Crippen MR) is 128 cm³/mol. The minimum absolute atomic E-state index is 0.0524. The van der Waals surface area contributed by atoms with Crippen LogP contribution >= 0.6 is 0 Å². The van der Waals surface area contributed by atoms with Crippen LogP contribution in [0.25, 0.3) is 0 Å². The van der Waals surface area contributed by atoms with Gasteiger partial charge in [0, 0.05) is 49.8 Å². The zero-order chi connectivity index (χ0) is 23.4. The summed E-state index contributed by atoms with van der Waals surface area (Å²) < 4.78 is 5.91. The lowest BCUT2D eigenvalue weighted by molar-refractivity contribution is 0.0996. The number of benzene rings is 1. The van der Waals surface area contributed by atoms with Crippen molar-refractivity contribution in [1.29, 1.82) is 0 Å². The van der Waals surface area contributed by atoms with Gasteiger partial charge in [-0.1, -0.05) is 6.92 Å². The highest BCUT2D eigenvalue weighted by molar-refractivity contribution is 5.96. The standard InChI is InChI=1S/C23H28N8O2/c1-3-18-23(33-17-8-9-26-19(24)14-17)29-22(20(28-18)21(25)32)27-15-4-6-16(7-5-15)31-12-10-30(2)11-13-31/h4-9,14H,3,10-13H2,1-2H3,(H2,24,26)(H2,25,32)(H,27,29). The molecule has 10 nitrogen and oxygen atoms in total. The van der Waals surface area contributed by atoms with Crippen LogP contribution in [0.4, 0.5) is 23.0 Å². The molecule has 0 saturated carbocycles. The van der Waals surface area contributed by atoms with Crippen molar-refractivity contribution in [2.24, 2.45) is 5.73 Å². The maximum atomic E-state index is 12.1. The number of primary amides is 1. The number of carbonyl (C=O) groups excluding carboxylic acids is 1. The minimum Gasteiger partial charge on any atom is -0.437 e. The molecule has 5 N–H and O–H groups in total. The lowest BCUT2D eigenvalue weighted by Crippen LogP contribution is -2.44. The minimum atomic E-state index is -0.673. The van der Waals surface area contributed by atoms with Crippen LogP contribution in [0.3, 0.4) is 0 Å². The van der Waals surface area contributed by atoms with E-state index in [2.05, 4.69) is 37.1 Å². The summed E-state index contributed by atoms with van der Waals surface area (Å²) in [5, 5.41) is 3.16. The van der Waals surface area contributed by atoms with Crippen molar-refractivity contribution in [3.05, 3.63) is 54.0 Å². The van der Waals surface area contributed by atoms with Gasteiger partial charge < -0.3 is 31.3 Å². The molecule has 1 saturated heterocycles. The summed E-state index contributed by atoms with van der Waals surface area (Å²) in [5.74, 6) is 0.619. The average Bonchev–Trinajstić information content (AvgIpc) is 2.80. The molecule has 1 amide bonds. The number of hydrogen-bond donors (Lipinski definition) is 3. The molecule has 1 aliphatic heterocycles. The van der Waals surface area contributed by atoms with E-state index in [0.717, 1.165) is 37.6 Å². The molecule has 3 aromatic rings. The van der Waals surface area contributed by atoms with E-state index in [0.29, 0.717) is 23.7 Å². The number of ether oxygens (including phenoxy) is 1. The fourth-order valence-electron chi connectivity index (χ4n) is 3.59. The summed E-state index contributed by atoms with van der Waals surface area (Å²) in [4.78, 5) is 29.7. The highest BCUT2D eigenvalue weighted by atomic mass is 16.5. The van der Waals surface area contributed by atoms with Gasteiger partial charge in [0.2, 0.25) is 5.88 Å². The van der Waals surface area contributed by atoms with Gasteiger partial charge in [-0.2, -0.15) is 4.98 Å². The molecule has 0 bridgehead atoms. The van der Waals surface area contributed by atoms with Crippen LogP contribution in [0.1, 0.15) is 23.1 Å². The van der Waals surface area contributed by atoms with Gasteiger partial charge in [0.05, 0.1) is 0 Å². The van der Waals surface area contributed by atoms with Crippen LogP contribution in [0.5, 0.6) is 11.6 Å². The number of nitrogens with zero attached hydrogens (tertiary/aromatic N) is 5. The highest BCUT2D eigenvalue weighted by Gasteiger charge is 2.19. The number of anilines is 4. The number of aryl methyl sites for hydroxylation is 1. The Balaban J connectivity index is 1.59. The Kier molecular flexibility index (Phi) is 6.55. The second-order valence-corrected chi connectivity index (χ2v) is 7.87. The summed E-state index contributed by atoms with van der Waals surface area (Å²) in [5.41, 5.74) is 13.8. The number of carbonyl (C=O) groups is 1. The van der Waals surface area contributed by atoms with E-state index in [4.69, 9.17) is 16.2 Å². The number of nitrogens with two attached hydrogens (primary N) is 2. The summed E-state index contributed by atoms with van der Waals surface area (Å²) >= 11 is 0. The molecular formula is C23H28N8O2. The third-order valence-corrected chi connectivity index (χ3v) is 5.47. The molecule has 0 spiro atoms. The first-order valence-corrected chi connectivity index (χ1v) is 10.8. The number of piperazine rings is 1. The molecule has 3 heterocycles. The number of pyridine rings is 1. The van der Waals surface area contributed by atoms with Gasteiger partial charge in [-0.3, -0.25) is 4.79 Å². The molecule has 10 heteroatoms. The van der Waals surface area contributed by atoms with Crippen molar-refractivity contribution in [2.75, 3.05) is 49.2 Å². The molecule has 0 atom stereocenters. The van der Waals surface area contributed by atoms with Crippen LogP contribution in [0.2, 0.25) is 0 Å². The van der Waals surface area contributed by atoms with Crippen LogP contribution in [0, 0.1) is 0 Å². The Morgan fingerprint density at radius 3 is 2.48 bits per heavy atom. The largest absolute Gasteiger partial charge is 0.437 e. The summed E-state index contributed by atoms with van der Waals surface area (Å²) in [6.45, 7) is 5.94. The zero-order valence-corrected chi connectivity index (χ0v) is 18.8. The summed E-state index contributed by atoms with van der Waals surface area (Å²) in [7, 11) is 2.13. The van der Waals surface area contributed by atoms with Gasteiger partial charge >= 0.3 is 0 Å². The van der Waals surface area contributed by atoms with E-state index in [1.807, 2.05) is 31.2 Å². The van der Waals surface area contributed by atoms with E-state index < -0.39 is 5.91 Å². The monoisotopic (exact) mass is 448 g/mol. The van der Waals surface area contributed by atoms with Crippen molar-refractivity contribution < 1.29 is 9.53 Å². The number of aromatic nitrogens is 3. The SMILES string of the molecule is CCc1nc(C(N)=O)c(Nc2ccc(N3CCN(C)CC3)cc2)nc1Oc1ccnc(N)c1. The fraction of sp³-hybridized carbons (Fsp3) is 0.304. The van der Waals surface area contributed by atoms with Gasteiger partial charge in [0.25, 0.3) is 5.91 Å². The maximum absolute atomic E-state index is 12.1. The molecule has 0 aliphatic carbocycles. The van der Waals surface area contributed by atoms with Crippen molar-refractivity contribution in [3.63, 3.8) is 0 Å². The highest BCUT2D eigenvalue weighted by Crippen LogP contribution is 2.29. The number of hydrogen-bond acceptors (Lipinski definition) is 9. The van der Waals surface area contributed by atoms with Gasteiger partial charge in [-0.25, -0.2) is 9.97 Å². The molecule has 172 valence electrons. The average molecular weight is 449 g/mol. The van der Waals surface area contributed by atoms with Gasteiger partial charge in [-0.05, 0) is 43.8 Å². The third-order valence-electron chi connectivity index (χ3n) is 5.47. The number of likely N-dealkylation sites (N-methyl/N-ethyl adjacent to an activating group) is 1. The lowest BCUT2D eigenvalue weighted by Gasteiger charge is -2.34. The number of nitrogens with one attached hydrogen (secondary N) is 1. The molecular weight excluding hydrogens is 420 g/mol. The fourth-order valence-corrected chi connectivity index (χ4v) is 3.59. The maximum Gasteiger partial charge on any atom is 0.271 e. The number of rotatable bonds is 7. The van der Waals surface area contributed by atoms with Crippen molar-refractivity contribution in [1.82, 2.24) is 19.9 Å². The molecule has 4 rings (SSSR count). The van der Waals surface area contributed by atoms with Crippen LogP contribution in [-0.2, 0) is 6.42 Å². The molecule has 33 heavy (non-hydrogen) atoms. The Morgan fingerprint density at radius 2 is 1.85 bits per heavy atom. The molecule has 0 unspecified atom stereocenters. The van der Waals surface area contributed by atoms with Gasteiger partial charge in [0.15, 0.2) is 11.5 Å². The first kappa shape index (κ1) is 22.3. The van der Waals surface area contributed by atoms with Crippen LogP contribution in [0.15, 0.2) is 42.6 Å². The normalized spacial score (nSPS) is 14.2. The second kappa shape index (κ2) is 9.70. The van der Waals surface area contributed by atoms with E-state index in [1.54, 1.807) is 18.3 Å². The molecule has 0 radical (unpaired) electrons. The first-order chi connectivity index (χ1) is 15.9. The number of amides is 1. The topological polar surface area (TPSA) is 136 Å². The quantitative estimate of drug-likeness (QED) is 0.498. The Morgan fingerprint density at radius 1 is 1.12 bits per heavy atom. The second-order valence-electron chi connectivity index (χ2n) is 7.87. The van der Waals surface area contributed by atoms with Crippen molar-refractivity contribution in [3.8, 4) is 11.6 Å². The number of nitrogen functional groups attached to an aromatic ring is 1. The van der Waals surface area contributed by atoms with E-state index in [1.165, 1.54) is 0 Å². The van der Waals surface area contributed by atoms with Crippen LogP contribution < -0.4 is 26.4 Å². The molecule has 1 fully saturated rings. The molecule has 1 aliphatic rings. The smallest absolute Gasteiger partial charge is 0.271 e. The zero-order valence-electron chi connectivity index (χ0n) is 18.8. The van der Waals surface area contributed by atoms with E-state index >= 15 is 0 Å². The summed E-state index contributed by atoms with van der Waals surface area (Å²) in [6.07, 6.45) is 2.05.